The third-order valence-electron chi connectivity index (χ3n) is 2.01. The Bertz CT molecular complexity index is 476. The predicted octanol–water partition coefficient (Wildman–Crippen LogP) is 3.32. The van der Waals surface area contributed by atoms with Crippen molar-refractivity contribution in [3.05, 3.63) is 47.1 Å². The second kappa shape index (κ2) is 6.17. The third-order valence-corrected chi connectivity index (χ3v) is 2.50. The van der Waals surface area contributed by atoms with E-state index in [1.165, 1.54) is 0 Å². The number of methoxy groups -OCH3 is 1. The van der Waals surface area contributed by atoms with Gasteiger partial charge >= 0.3 is 0 Å². The van der Waals surface area contributed by atoms with E-state index in [1.807, 2.05) is 30.3 Å². The summed E-state index contributed by atoms with van der Waals surface area (Å²) in [6.07, 6.45) is 1.73. The van der Waals surface area contributed by atoms with Gasteiger partial charge in [-0.15, -0.1) is 29.8 Å². The van der Waals surface area contributed by atoms with Gasteiger partial charge in [0.2, 0.25) is 0 Å². The standard InChI is InChI=1S/C12H9BrNO.Pt/c1-15-11-5-6-14-12(8-11)9-3-2-4-10(13)7-9;/h2,4-8H,1H3;/q-1;. The zero-order chi connectivity index (χ0) is 10.7. The van der Waals surface area contributed by atoms with Crippen molar-refractivity contribution >= 4 is 15.9 Å². The van der Waals surface area contributed by atoms with E-state index in [4.69, 9.17) is 4.74 Å². The third kappa shape index (κ3) is 3.16. The fourth-order valence-corrected chi connectivity index (χ4v) is 1.63. The van der Waals surface area contributed by atoms with Crippen molar-refractivity contribution in [2.75, 3.05) is 7.11 Å². The van der Waals surface area contributed by atoms with E-state index in [9.17, 15) is 0 Å². The maximum Gasteiger partial charge on any atom is 0.113 e. The zero-order valence-electron chi connectivity index (χ0n) is 8.51. The maximum atomic E-state index is 5.14. The minimum Gasteiger partial charge on any atom is -0.497 e. The second-order valence-electron chi connectivity index (χ2n) is 3.00. The number of pyridine rings is 1. The summed E-state index contributed by atoms with van der Waals surface area (Å²) in [6.45, 7) is 0. The summed E-state index contributed by atoms with van der Waals surface area (Å²) in [5.74, 6) is 0.799. The van der Waals surface area contributed by atoms with Crippen molar-refractivity contribution in [2.24, 2.45) is 0 Å². The number of benzene rings is 1. The molecule has 2 nitrogen and oxygen atoms in total. The molecule has 4 heteroatoms. The molecule has 16 heavy (non-hydrogen) atoms. The van der Waals surface area contributed by atoms with E-state index in [1.54, 1.807) is 13.3 Å². The number of rotatable bonds is 2. The van der Waals surface area contributed by atoms with Crippen LogP contribution in [-0.2, 0) is 21.1 Å². The van der Waals surface area contributed by atoms with E-state index >= 15 is 0 Å². The van der Waals surface area contributed by atoms with Gasteiger partial charge in [0, 0.05) is 27.3 Å². The molecule has 0 radical (unpaired) electrons. The van der Waals surface area contributed by atoms with Gasteiger partial charge in [-0.05, 0) is 17.8 Å². The first kappa shape index (κ1) is 13.4. The topological polar surface area (TPSA) is 22.1 Å². The summed E-state index contributed by atoms with van der Waals surface area (Å²) in [6, 6.07) is 12.6. The van der Waals surface area contributed by atoms with Crippen LogP contribution in [0.25, 0.3) is 11.3 Å². The molecule has 0 saturated carbocycles. The van der Waals surface area contributed by atoms with Gasteiger partial charge in [0.15, 0.2) is 0 Å². The normalized spacial score (nSPS) is 9.38. The average molecular weight is 458 g/mol. The van der Waals surface area contributed by atoms with Crippen LogP contribution in [0.4, 0.5) is 0 Å². The Morgan fingerprint density at radius 2 is 2.12 bits per heavy atom. The van der Waals surface area contributed by atoms with E-state index in [0.717, 1.165) is 21.5 Å². The van der Waals surface area contributed by atoms with E-state index in [-0.39, 0.29) is 21.1 Å². The molecule has 86 valence electrons. The molecule has 0 saturated heterocycles. The van der Waals surface area contributed by atoms with E-state index < -0.39 is 0 Å². The molecule has 2 aromatic rings. The average Bonchev–Trinajstić information content (AvgIpc) is 2.29. The predicted molar refractivity (Wildman–Crippen MR) is 62.8 cm³/mol. The van der Waals surface area contributed by atoms with Crippen LogP contribution in [0.2, 0.25) is 0 Å². The summed E-state index contributed by atoms with van der Waals surface area (Å²) >= 11 is 3.42. The zero-order valence-corrected chi connectivity index (χ0v) is 12.4. The molecular formula is C12H9BrNOPt-. The van der Waals surface area contributed by atoms with Gasteiger partial charge in [-0.25, -0.2) is 0 Å². The van der Waals surface area contributed by atoms with Crippen LogP contribution >= 0.6 is 15.9 Å². The number of hydrogen-bond acceptors (Lipinski definition) is 2. The summed E-state index contributed by atoms with van der Waals surface area (Å²) in [5.41, 5.74) is 1.80. The van der Waals surface area contributed by atoms with Crippen LogP contribution in [0, 0.1) is 6.07 Å². The Balaban J connectivity index is 0.00000128. The molecule has 0 unspecified atom stereocenters. The van der Waals surface area contributed by atoms with Gasteiger partial charge in [0.25, 0.3) is 0 Å². The van der Waals surface area contributed by atoms with Gasteiger partial charge < -0.3 is 9.72 Å². The van der Waals surface area contributed by atoms with Gasteiger partial charge in [-0.2, -0.15) is 0 Å². The molecule has 1 heterocycles. The van der Waals surface area contributed by atoms with Gasteiger partial charge in [0.1, 0.15) is 5.75 Å². The van der Waals surface area contributed by atoms with Crippen molar-refractivity contribution in [1.29, 1.82) is 0 Å². The fraction of sp³-hybridized carbons (Fsp3) is 0.0833. The minimum atomic E-state index is 0. The van der Waals surface area contributed by atoms with Gasteiger partial charge in [-0.3, -0.25) is 0 Å². The Labute approximate surface area is 117 Å². The number of ether oxygens (including phenoxy) is 1. The molecule has 0 N–H and O–H groups in total. The molecule has 0 amide bonds. The molecule has 0 bridgehead atoms. The maximum absolute atomic E-state index is 5.14. The Hall–Kier alpha value is -0.662. The first-order valence-corrected chi connectivity index (χ1v) is 5.26. The number of halogens is 1. The molecular weight excluding hydrogens is 449 g/mol. The van der Waals surface area contributed by atoms with Crippen LogP contribution < -0.4 is 4.74 Å². The molecule has 0 aliphatic heterocycles. The van der Waals surface area contributed by atoms with E-state index in [2.05, 4.69) is 27.0 Å². The number of nitrogens with zero attached hydrogens (tertiary/aromatic N) is 1. The fourth-order valence-electron chi connectivity index (χ4n) is 1.27. The molecule has 0 aliphatic rings. The molecule has 2 rings (SSSR count). The summed E-state index contributed by atoms with van der Waals surface area (Å²) < 4.78 is 6.16. The van der Waals surface area contributed by atoms with Crippen molar-refractivity contribution in [3.8, 4) is 17.0 Å². The van der Waals surface area contributed by atoms with Gasteiger partial charge in [0.05, 0.1) is 7.11 Å². The summed E-state index contributed by atoms with van der Waals surface area (Å²) in [7, 11) is 1.64. The smallest absolute Gasteiger partial charge is 0.113 e. The van der Waals surface area contributed by atoms with Crippen LogP contribution in [0.1, 0.15) is 0 Å². The van der Waals surface area contributed by atoms with Crippen LogP contribution in [0.3, 0.4) is 0 Å². The second-order valence-corrected chi connectivity index (χ2v) is 3.92. The molecule has 0 aliphatic carbocycles. The van der Waals surface area contributed by atoms with Crippen molar-refractivity contribution in [1.82, 2.24) is 4.98 Å². The first-order valence-electron chi connectivity index (χ1n) is 4.47. The summed E-state index contributed by atoms with van der Waals surface area (Å²) in [5, 5.41) is 0. The summed E-state index contributed by atoms with van der Waals surface area (Å²) in [4.78, 5) is 4.27. The first-order chi connectivity index (χ1) is 7.29. The number of aromatic nitrogens is 1. The van der Waals surface area contributed by atoms with Crippen molar-refractivity contribution < 1.29 is 25.8 Å². The SMILES string of the molecule is COc1ccnc(-c2[c-]ccc(Br)c2)c1.[Pt]. The van der Waals surface area contributed by atoms with E-state index in [0.29, 0.717) is 0 Å². The van der Waals surface area contributed by atoms with Gasteiger partial charge in [-0.1, -0.05) is 20.4 Å². The van der Waals surface area contributed by atoms with Crippen LogP contribution in [0.5, 0.6) is 5.75 Å². The molecule has 0 atom stereocenters. The molecule has 1 aromatic carbocycles. The van der Waals surface area contributed by atoms with Crippen LogP contribution in [-0.4, -0.2) is 12.1 Å². The van der Waals surface area contributed by atoms with Crippen molar-refractivity contribution in [3.63, 3.8) is 0 Å². The minimum absolute atomic E-state index is 0. The van der Waals surface area contributed by atoms with Crippen molar-refractivity contribution in [2.45, 2.75) is 0 Å². The largest absolute Gasteiger partial charge is 0.497 e. The Kier molecular flexibility index (Phi) is 5.17. The molecule has 0 fully saturated rings. The molecule has 0 spiro atoms. The monoisotopic (exact) mass is 457 g/mol. The van der Waals surface area contributed by atoms with Crippen LogP contribution in [0.15, 0.2) is 41.0 Å². The molecule has 1 aromatic heterocycles. The quantitative estimate of drug-likeness (QED) is 0.645. The number of hydrogen-bond donors (Lipinski definition) is 0. The Morgan fingerprint density at radius 3 is 2.81 bits per heavy atom. The Morgan fingerprint density at radius 1 is 1.31 bits per heavy atom.